The summed E-state index contributed by atoms with van der Waals surface area (Å²) in [6.07, 6.45) is 2.55. The molecule has 1 amide bonds. The van der Waals surface area contributed by atoms with Crippen LogP contribution in [0.1, 0.15) is 29.6 Å². The Morgan fingerprint density at radius 3 is 2.42 bits per heavy atom. The third-order valence-corrected chi connectivity index (χ3v) is 6.57. The highest BCUT2D eigenvalue weighted by atomic mass is 16.6. The standard InChI is InChI=1S/C24H24N2O7/c1-32-17-9-10-19(26(30)31)18(12-17)25-20(27)13-33-24(29)22-16-8-7-15(11-16)21(22)23(28)14-5-3-2-4-6-14/h2-6,9-10,12,15-16,21-22H,7-8,11,13H2,1H3,(H,25,27)/t15-,16-,21-,22+/m0/s1. The van der Waals surface area contributed by atoms with Crippen molar-refractivity contribution in [3.8, 4) is 5.75 Å². The van der Waals surface area contributed by atoms with Gasteiger partial charge in [0.1, 0.15) is 11.4 Å². The highest BCUT2D eigenvalue weighted by Crippen LogP contribution is 2.53. The van der Waals surface area contributed by atoms with Crippen LogP contribution in [0, 0.1) is 33.8 Å². The van der Waals surface area contributed by atoms with E-state index < -0.39 is 35.2 Å². The highest BCUT2D eigenvalue weighted by Gasteiger charge is 2.54. The number of nitrogens with zero attached hydrogens (tertiary/aromatic N) is 1. The molecular formula is C24H24N2O7. The van der Waals surface area contributed by atoms with Crippen molar-refractivity contribution >= 4 is 29.0 Å². The number of anilines is 1. The molecule has 2 aliphatic rings. The van der Waals surface area contributed by atoms with Crippen LogP contribution >= 0.6 is 0 Å². The molecule has 2 aromatic carbocycles. The zero-order valence-corrected chi connectivity index (χ0v) is 18.1. The maximum atomic E-state index is 13.1. The summed E-state index contributed by atoms with van der Waals surface area (Å²) in [5, 5.41) is 13.6. The van der Waals surface area contributed by atoms with Crippen LogP contribution in [-0.2, 0) is 14.3 Å². The van der Waals surface area contributed by atoms with E-state index in [-0.39, 0.29) is 29.0 Å². The third-order valence-electron chi connectivity index (χ3n) is 6.57. The summed E-state index contributed by atoms with van der Waals surface area (Å²) < 4.78 is 10.3. The van der Waals surface area contributed by atoms with Gasteiger partial charge < -0.3 is 14.8 Å². The van der Waals surface area contributed by atoms with Crippen molar-refractivity contribution < 1.29 is 28.8 Å². The van der Waals surface area contributed by atoms with Gasteiger partial charge >= 0.3 is 5.97 Å². The van der Waals surface area contributed by atoms with E-state index in [0.29, 0.717) is 11.3 Å². The SMILES string of the molecule is COc1ccc([N+](=O)[O-])c(NC(=O)COC(=O)[C@@H]2[C@H]3CC[C@@H](C3)[C@@H]2C(=O)c2ccccc2)c1. The Kier molecular flexibility index (Phi) is 6.39. The van der Waals surface area contributed by atoms with Crippen molar-refractivity contribution in [1.29, 1.82) is 0 Å². The number of amides is 1. The topological polar surface area (TPSA) is 125 Å². The second-order valence-electron chi connectivity index (χ2n) is 8.41. The minimum absolute atomic E-state index is 0.0579. The Balaban J connectivity index is 1.42. The number of rotatable bonds is 8. The van der Waals surface area contributed by atoms with Crippen LogP contribution in [0.3, 0.4) is 0 Å². The molecule has 0 spiro atoms. The number of benzene rings is 2. The van der Waals surface area contributed by atoms with Gasteiger partial charge in [-0.3, -0.25) is 24.5 Å². The summed E-state index contributed by atoms with van der Waals surface area (Å²) in [6, 6.07) is 12.8. The number of esters is 1. The fourth-order valence-corrected chi connectivity index (χ4v) is 5.12. The Labute approximate surface area is 190 Å². The lowest BCUT2D eigenvalue weighted by molar-refractivity contribution is -0.383. The molecule has 0 radical (unpaired) electrons. The van der Waals surface area contributed by atoms with Crippen LogP contribution in [0.15, 0.2) is 48.5 Å². The van der Waals surface area contributed by atoms with Gasteiger partial charge in [0, 0.05) is 23.6 Å². The number of ketones is 1. The summed E-state index contributed by atoms with van der Waals surface area (Å²) in [7, 11) is 1.40. The second-order valence-corrected chi connectivity index (χ2v) is 8.41. The van der Waals surface area contributed by atoms with E-state index in [2.05, 4.69) is 5.32 Å². The highest BCUT2D eigenvalue weighted by molar-refractivity contribution is 6.01. The molecule has 9 nitrogen and oxygen atoms in total. The zero-order valence-electron chi connectivity index (χ0n) is 18.1. The molecule has 33 heavy (non-hydrogen) atoms. The third kappa shape index (κ3) is 4.57. The number of ether oxygens (including phenoxy) is 2. The van der Waals surface area contributed by atoms with Gasteiger partial charge in [-0.25, -0.2) is 0 Å². The molecule has 2 saturated carbocycles. The quantitative estimate of drug-likeness (QED) is 0.281. The second kappa shape index (κ2) is 9.40. The van der Waals surface area contributed by atoms with Crippen LogP contribution < -0.4 is 10.1 Å². The number of nitro groups is 1. The fraction of sp³-hybridized carbons (Fsp3) is 0.375. The number of carbonyl (C=O) groups excluding carboxylic acids is 3. The fourth-order valence-electron chi connectivity index (χ4n) is 5.12. The maximum Gasteiger partial charge on any atom is 0.310 e. The van der Waals surface area contributed by atoms with E-state index in [1.54, 1.807) is 24.3 Å². The lowest BCUT2D eigenvalue weighted by atomic mass is 9.75. The molecule has 0 unspecified atom stereocenters. The summed E-state index contributed by atoms with van der Waals surface area (Å²) in [5.41, 5.74) is 0.200. The average molecular weight is 452 g/mol. The molecule has 4 atom stereocenters. The monoisotopic (exact) mass is 452 g/mol. The molecule has 0 heterocycles. The molecule has 2 aliphatic carbocycles. The van der Waals surface area contributed by atoms with Crippen LogP contribution in [0.4, 0.5) is 11.4 Å². The van der Waals surface area contributed by atoms with Gasteiger partial charge in [-0.1, -0.05) is 30.3 Å². The van der Waals surface area contributed by atoms with Gasteiger partial charge in [0.15, 0.2) is 12.4 Å². The minimum Gasteiger partial charge on any atom is -0.497 e. The van der Waals surface area contributed by atoms with Crippen LogP contribution in [0.5, 0.6) is 5.75 Å². The van der Waals surface area contributed by atoms with Gasteiger partial charge in [-0.15, -0.1) is 0 Å². The average Bonchev–Trinajstić information content (AvgIpc) is 3.44. The van der Waals surface area contributed by atoms with Crippen molar-refractivity contribution in [2.24, 2.45) is 23.7 Å². The molecular weight excluding hydrogens is 428 g/mol. The normalized spacial score (nSPS) is 23.1. The molecule has 0 saturated heterocycles. The lowest BCUT2D eigenvalue weighted by Crippen LogP contribution is -2.37. The van der Waals surface area contributed by atoms with Crippen molar-refractivity contribution in [2.75, 3.05) is 19.0 Å². The Morgan fingerprint density at radius 2 is 1.76 bits per heavy atom. The smallest absolute Gasteiger partial charge is 0.310 e. The van der Waals surface area contributed by atoms with Crippen molar-refractivity contribution in [3.05, 3.63) is 64.2 Å². The number of fused-ring (bicyclic) bond motifs is 2. The maximum absolute atomic E-state index is 13.1. The number of Topliss-reactive ketones (excluding diaryl/α,β-unsaturated/α-hetero) is 1. The van der Waals surface area contributed by atoms with Crippen molar-refractivity contribution in [2.45, 2.75) is 19.3 Å². The molecule has 0 aromatic heterocycles. The predicted molar refractivity (Wildman–Crippen MR) is 118 cm³/mol. The first kappa shape index (κ1) is 22.4. The number of methoxy groups -OCH3 is 1. The molecule has 2 bridgehead atoms. The van der Waals surface area contributed by atoms with E-state index in [9.17, 15) is 24.5 Å². The van der Waals surface area contributed by atoms with Gasteiger partial charge in [0.25, 0.3) is 11.6 Å². The lowest BCUT2D eigenvalue weighted by Gasteiger charge is -2.28. The first-order chi connectivity index (χ1) is 15.9. The van der Waals surface area contributed by atoms with E-state index in [4.69, 9.17) is 9.47 Å². The van der Waals surface area contributed by atoms with Crippen molar-refractivity contribution in [3.63, 3.8) is 0 Å². The first-order valence-corrected chi connectivity index (χ1v) is 10.8. The summed E-state index contributed by atoms with van der Waals surface area (Å²) in [6.45, 7) is -0.604. The molecule has 1 N–H and O–H groups in total. The summed E-state index contributed by atoms with van der Waals surface area (Å²) in [5.74, 6) is -1.88. The van der Waals surface area contributed by atoms with E-state index in [1.807, 2.05) is 6.07 Å². The number of hydrogen-bond donors (Lipinski definition) is 1. The van der Waals surface area contributed by atoms with Gasteiger partial charge in [0.2, 0.25) is 0 Å². The van der Waals surface area contributed by atoms with E-state index >= 15 is 0 Å². The first-order valence-electron chi connectivity index (χ1n) is 10.8. The van der Waals surface area contributed by atoms with Crippen LogP contribution in [0.2, 0.25) is 0 Å². The van der Waals surface area contributed by atoms with Crippen molar-refractivity contribution in [1.82, 2.24) is 0 Å². The molecule has 4 rings (SSSR count). The minimum atomic E-state index is -0.714. The van der Waals surface area contributed by atoms with Crippen LogP contribution in [-0.4, -0.2) is 36.3 Å². The number of nitrogens with one attached hydrogen (secondary N) is 1. The number of nitro benzene ring substituents is 1. The number of carbonyl (C=O) groups is 3. The van der Waals surface area contributed by atoms with E-state index in [1.165, 1.54) is 25.3 Å². The molecule has 9 heteroatoms. The zero-order chi connectivity index (χ0) is 23.5. The Morgan fingerprint density at radius 1 is 1.06 bits per heavy atom. The Hall–Kier alpha value is -3.75. The molecule has 2 fully saturated rings. The van der Waals surface area contributed by atoms with Gasteiger partial charge in [-0.2, -0.15) is 0 Å². The van der Waals surface area contributed by atoms with E-state index in [0.717, 1.165) is 19.3 Å². The molecule has 0 aliphatic heterocycles. The summed E-state index contributed by atoms with van der Waals surface area (Å²) in [4.78, 5) is 49.0. The Bertz CT molecular complexity index is 1090. The largest absolute Gasteiger partial charge is 0.497 e. The van der Waals surface area contributed by atoms with Gasteiger partial charge in [0.05, 0.1) is 18.0 Å². The van der Waals surface area contributed by atoms with Gasteiger partial charge in [-0.05, 0) is 37.2 Å². The number of hydrogen-bond acceptors (Lipinski definition) is 7. The summed E-state index contributed by atoms with van der Waals surface area (Å²) >= 11 is 0. The van der Waals surface area contributed by atoms with Crippen LogP contribution in [0.25, 0.3) is 0 Å². The molecule has 2 aromatic rings. The molecule has 172 valence electrons. The predicted octanol–water partition coefficient (Wildman–Crippen LogP) is 3.63.